The normalized spacial score (nSPS) is 12.4. The second kappa shape index (κ2) is 12.2. The number of alkyl halides is 3. The summed E-state index contributed by atoms with van der Waals surface area (Å²) in [5.41, 5.74) is -1.54. The number of hydrogen-bond acceptors (Lipinski definition) is 6. The number of carbonyl (C=O) groups excluding carboxylic acids is 3. The van der Waals surface area contributed by atoms with Crippen LogP contribution in [0.2, 0.25) is 0 Å². The minimum Gasteiger partial charge on any atom is -0.497 e. The predicted molar refractivity (Wildman–Crippen MR) is 142 cm³/mol. The van der Waals surface area contributed by atoms with E-state index in [1.807, 2.05) is 0 Å². The molecule has 0 aliphatic rings. The fourth-order valence-electron chi connectivity index (χ4n) is 3.88. The molecule has 3 aromatic rings. The van der Waals surface area contributed by atoms with Crippen LogP contribution in [0.4, 0.5) is 24.7 Å². The Morgan fingerprint density at radius 2 is 1.70 bits per heavy atom. The molecule has 1 atom stereocenters. The maximum Gasteiger partial charge on any atom is 0.416 e. The molecule has 0 bridgehead atoms. The van der Waals surface area contributed by atoms with Gasteiger partial charge in [0.25, 0.3) is 0 Å². The largest absolute Gasteiger partial charge is 0.497 e. The highest BCUT2D eigenvalue weighted by Gasteiger charge is 2.36. The lowest BCUT2D eigenvalue weighted by molar-refractivity contribution is -0.137. The van der Waals surface area contributed by atoms with Crippen molar-refractivity contribution in [2.24, 2.45) is 0 Å². The summed E-state index contributed by atoms with van der Waals surface area (Å²) < 4.78 is 51.0. The van der Waals surface area contributed by atoms with Crippen molar-refractivity contribution >= 4 is 29.2 Å². The van der Waals surface area contributed by atoms with E-state index < -0.39 is 47.5 Å². The van der Waals surface area contributed by atoms with Crippen LogP contribution < -0.4 is 20.3 Å². The molecule has 1 heterocycles. The van der Waals surface area contributed by atoms with E-state index in [1.54, 1.807) is 52.0 Å². The van der Waals surface area contributed by atoms with Gasteiger partial charge < -0.3 is 19.9 Å². The van der Waals surface area contributed by atoms with Crippen LogP contribution in [0, 0.1) is 6.92 Å². The number of nitrogens with one attached hydrogen (secondary N) is 2. The number of halogens is 3. The molecule has 0 aliphatic carbocycles. The molecule has 0 spiro atoms. The number of aryl methyl sites for hydroxylation is 1. The molecule has 40 heavy (non-hydrogen) atoms. The molecule has 12 heteroatoms. The maximum absolute atomic E-state index is 13.7. The summed E-state index contributed by atoms with van der Waals surface area (Å²) in [7, 11) is 1.46. The fourth-order valence-corrected chi connectivity index (χ4v) is 3.88. The van der Waals surface area contributed by atoms with Crippen LogP contribution in [0.3, 0.4) is 0 Å². The Morgan fingerprint density at radius 3 is 2.25 bits per heavy atom. The summed E-state index contributed by atoms with van der Waals surface area (Å²) in [6.07, 6.45) is -5.42. The van der Waals surface area contributed by atoms with Crippen LogP contribution in [0.1, 0.15) is 56.5 Å². The first-order valence-electron chi connectivity index (χ1n) is 12.4. The lowest BCUT2D eigenvalue weighted by atomic mass is 9.99. The van der Waals surface area contributed by atoms with Crippen molar-refractivity contribution in [3.63, 3.8) is 0 Å². The number of nitrogens with zero attached hydrogens (tertiary/aromatic N) is 2. The van der Waals surface area contributed by atoms with Gasteiger partial charge in [0.05, 0.1) is 12.7 Å². The van der Waals surface area contributed by atoms with Crippen LogP contribution in [0.15, 0.2) is 59.1 Å². The highest BCUT2D eigenvalue weighted by Crippen LogP contribution is 2.35. The van der Waals surface area contributed by atoms with Gasteiger partial charge in [0.2, 0.25) is 17.7 Å². The number of ether oxygens (including phenoxy) is 1. The molecule has 3 rings (SSSR count). The third-order valence-electron chi connectivity index (χ3n) is 5.62. The number of rotatable bonds is 9. The highest BCUT2D eigenvalue weighted by atomic mass is 19.4. The van der Waals surface area contributed by atoms with Gasteiger partial charge in [-0.25, -0.2) is 0 Å². The number of methoxy groups -OCH3 is 1. The molecule has 1 aromatic heterocycles. The van der Waals surface area contributed by atoms with E-state index in [0.717, 1.165) is 23.1 Å². The van der Waals surface area contributed by atoms with Gasteiger partial charge in [-0.2, -0.15) is 13.2 Å². The van der Waals surface area contributed by atoms with Gasteiger partial charge in [0.15, 0.2) is 5.82 Å². The van der Waals surface area contributed by atoms with Gasteiger partial charge in [0.1, 0.15) is 17.6 Å². The Labute approximate surface area is 229 Å². The Balaban J connectivity index is 2.04. The lowest BCUT2D eigenvalue weighted by Crippen LogP contribution is -2.49. The molecule has 0 saturated heterocycles. The quantitative estimate of drug-likeness (QED) is 0.361. The molecule has 2 N–H and O–H groups in total. The average Bonchev–Trinajstić information content (AvgIpc) is 3.28. The molecule has 214 valence electrons. The summed E-state index contributed by atoms with van der Waals surface area (Å²) in [6, 6.07) is 10.5. The third kappa shape index (κ3) is 8.08. The summed E-state index contributed by atoms with van der Waals surface area (Å²) in [6.45, 7) is 6.86. The van der Waals surface area contributed by atoms with E-state index in [1.165, 1.54) is 19.2 Å². The summed E-state index contributed by atoms with van der Waals surface area (Å²) in [5.74, 6) is -0.817. The van der Waals surface area contributed by atoms with E-state index >= 15 is 0 Å². The first-order valence-corrected chi connectivity index (χ1v) is 12.4. The van der Waals surface area contributed by atoms with E-state index in [4.69, 9.17) is 9.26 Å². The first-order chi connectivity index (χ1) is 18.7. The summed E-state index contributed by atoms with van der Waals surface area (Å²) >= 11 is 0. The molecule has 9 nitrogen and oxygen atoms in total. The van der Waals surface area contributed by atoms with E-state index in [9.17, 15) is 27.6 Å². The second-order valence-corrected chi connectivity index (χ2v) is 10.1. The number of amides is 3. The number of carbonyl (C=O) groups is 3. The van der Waals surface area contributed by atoms with Crippen molar-refractivity contribution in [1.82, 2.24) is 10.5 Å². The maximum atomic E-state index is 13.7. The van der Waals surface area contributed by atoms with Crippen LogP contribution >= 0.6 is 0 Å². The van der Waals surface area contributed by atoms with Gasteiger partial charge in [-0.15, -0.1) is 0 Å². The van der Waals surface area contributed by atoms with Gasteiger partial charge in [0, 0.05) is 30.1 Å². The number of benzene rings is 2. The second-order valence-electron chi connectivity index (χ2n) is 10.1. The first kappa shape index (κ1) is 30.2. The van der Waals surface area contributed by atoms with Gasteiger partial charge in [-0.1, -0.05) is 23.4 Å². The smallest absolute Gasteiger partial charge is 0.416 e. The molecule has 0 radical (unpaired) electrons. The van der Waals surface area contributed by atoms with Crippen LogP contribution in [0.25, 0.3) is 0 Å². The number of hydrogen-bond donors (Lipinski definition) is 2. The molecular formula is C28H31F3N4O5. The van der Waals surface area contributed by atoms with Crippen molar-refractivity contribution < 1.29 is 36.8 Å². The SMILES string of the molecule is COc1ccc([C@@H](C(=O)NC(C)(C)C)N(C(=O)CCC(=O)Nc2cc(C)on2)c2cccc(C(F)(F)F)c2)cc1. The Hall–Kier alpha value is -4.35. The minimum absolute atomic E-state index is 0.155. The van der Waals surface area contributed by atoms with Gasteiger partial charge in [-0.05, 0) is 63.6 Å². The summed E-state index contributed by atoms with van der Waals surface area (Å²) in [4.78, 5) is 40.8. The molecule has 2 aromatic carbocycles. The minimum atomic E-state index is -4.69. The van der Waals surface area contributed by atoms with E-state index in [0.29, 0.717) is 17.1 Å². The van der Waals surface area contributed by atoms with E-state index in [2.05, 4.69) is 15.8 Å². The van der Waals surface area contributed by atoms with Crippen molar-refractivity contribution in [2.45, 2.75) is 58.3 Å². The zero-order valence-electron chi connectivity index (χ0n) is 22.8. The standard InChI is InChI=1S/C28H31F3N4O5/c1-17-15-22(34-40-17)32-23(36)13-14-24(37)35(20-8-6-7-19(16-20)28(29,30)31)25(26(38)33-27(2,3)4)18-9-11-21(39-5)12-10-18/h6-12,15-16,25H,13-14H2,1-5H3,(H,33,38)(H,32,34,36)/t25-/m0/s1. The molecule has 3 amide bonds. The van der Waals surface area contributed by atoms with Crippen LogP contribution in [-0.2, 0) is 20.6 Å². The Bertz CT molecular complexity index is 1350. The molecule has 0 saturated carbocycles. The van der Waals surface area contributed by atoms with E-state index in [-0.39, 0.29) is 17.9 Å². The van der Waals surface area contributed by atoms with Crippen molar-refractivity contribution in [3.05, 3.63) is 71.5 Å². The molecule has 0 fully saturated rings. The molecular weight excluding hydrogens is 529 g/mol. The zero-order chi connectivity index (χ0) is 29.7. The lowest BCUT2D eigenvalue weighted by Gasteiger charge is -2.34. The fraction of sp³-hybridized carbons (Fsp3) is 0.357. The average molecular weight is 561 g/mol. The summed E-state index contributed by atoms with van der Waals surface area (Å²) in [5, 5.41) is 8.97. The van der Waals surface area contributed by atoms with Crippen LogP contribution in [-0.4, -0.2) is 35.5 Å². The Morgan fingerprint density at radius 1 is 1.02 bits per heavy atom. The van der Waals surface area contributed by atoms with Gasteiger partial charge >= 0.3 is 6.18 Å². The Kier molecular flexibility index (Phi) is 9.23. The predicted octanol–water partition coefficient (Wildman–Crippen LogP) is 5.42. The third-order valence-corrected chi connectivity index (χ3v) is 5.62. The topological polar surface area (TPSA) is 114 Å². The highest BCUT2D eigenvalue weighted by molar-refractivity contribution is 6.03. The molecule has 0 aliphatic heterocycles. The van der Waals surface area contributed by atoms with Crippen molar-refractivity contribution in [1.29, 1.82) is 0 Å². The number of aromatic nitrogens is 1. The van der Waals surface area contributed by atoms with Crippen molar-refractivity contribution in [3.8, 4) is 5.75 Å². The molecule has 0 unspecified atom stereocenters. The van der Waals surface area contributed by atoms with Crippen molar-refractivity contribution in [2.75, 3.05) is 17.3 Å². The van der Waals surface area contributed by atoms with Gasteiger partial charge in [-0.3, -0.25) is 19.3 Å². The zero-order valence-corrected chi connectivity index (χ0v) is 22.8. The van der Waals surface area contributed by atoms with Crippen LogP contribution in [0.5, 0.6) is 5.75 Å². The monoisotopic (exact) mass is 560 g/mol. The number of anilines is 2.